The highest BCUT2D eigenvalue weighted by Gasteiger charge is 2.31. The minimum atomic E-state index is -3.71. The van der Waals surface area contributed by atoms with Crippen molar-refractivity contribution in [3.05, 3.63) is 58.1 Å². The van der Waals surface area contributed by atoms with Crippen LogP contribution in [-0.2, 0) is 14.8 Å². The summed E-state index contributed by atoms with van der Waals surface area (Å²) in [7, 11) is -3.71. The average Bonchev–Trinajstić information content (AvgIpc) is 2.53. The minimum Gasteiger partial charge on any atom is -0.324 e. The summed E-state index contributed by atoms with van der Waals surface area (Å²) >= 11 is 11.9. The molecule has 1 N–H and O–H groups in total. The monoisotopic (exact) mass is 414 g/mol. The normalized spacial score (nSPS) is 12.5. The molecule has 1 unspecified atom stereocenters. The summed E-state index contributed by atoms with van der Waals surface area (Å²) in [6, 6.07) is 10.6. The second kappa shape index (κ2) is 8.29. The number of amides is 1. The third-order valence-corrected chi connectivity index (χ3v) is 5.49. The number of carbonyl (C=O) groups excluding carboxylic acids is 1. The van der Waals surface area contributed by atoms with Crippen LogP contribution in [-0.4, -0.2) is 26.6 Å². The molecule has 8 heteroatoms. The SMILES string of the molecule is CCC(C(=O)Nc1ccc(Cl)cc1C)N(c1cccc(Cl)c1)S(C)(=O)=O. The van der Waals surface area contributed by atoms with E-state index in [1.165, 1.54) is 6.07 Å². The number of halogens is 2. The largest absolute Gasteiger partial charge is 0.324 e. The van der Waals surface area contributed by atoms with Gasteiger partial charge < -0.3 is 5.32 Å². The van der Waals surface area contributed by atoms with E-state index in [1.54, 1.807) is 43.3 Å². The molecule has 0 fully saturated rings. The Kier molecular flexibility index (Phi) is 6.55. The summed E-state index contributed by atoms with van der Waals surface area (Å²) in [4.78, 5) is 12.8. The smallest absolute Gasteiger partial charge is 0.248 e. The lowest BCUT2D eigenvalue weighted by molar-refractivity contribution is -0.117. The summed E-state index contributed by atoms with van der Waals surface area (Å²) in [5.74, 6) is -0.427. The summed E-state index contributed by atoms with van der Waals surface area (Å²) < 4.78 is 25.9. The molecule has 0 bridgehead atoms. The molecule has 0 aliphatic heterocycles. The number of nitrogens with one attached hydrogen (secondary N) is 1. The van der Waals surface area contributed by atoms with E-state index >= 15 is 0 Å². The number of hydrogen-bond acceptors (Lipinski definition) is 3. The molecule has 0 aliphatic carbocycles. The molecule has 0 heterocycles. The molecule has 0 radical (unpaired) electrons. The Balaban J connectivity index is 2.40. The third-order valence-electron chi connectivity index (χ3n) is 3.84. The molecule has 140 valence electrons. The summed E-state index contributed by atoms with van der Waals surface area (Å²) in [6.07, 6.45) is 1.36. The highest BCUT2D eigenvalue weighted by atomic mass is 35.5. The predicted octanol–water partition coefficient (Wildman–Crippen LogP) is 4.49. The highest BCUT2D eigenvalue weighted by molar-refractivity contribution is 7.92. The van der Waals surface area contributed by atoms with Gasteiger partial charge in [0.05, 0.1) is 11.9 Å². The zero-order chi connectivity index (χ0) is 19.5. The third kappa shape index (κ3) is 4.90. The van der Waals surface area contributed by atoms with Gasteiger partial charge >= 0.3 is 0 Å². The van der Waals surface area contributed by atoms with Crippen LogP contribution in [0.3, 0.4) is 0 Å². The van der Waals surface area contributed by atoms with Crippen molar-refractivity contribution in [3.63, 3.8) is 0 Å². The van der Waals surface area contributed by atoms with E-state index in [-0.39, 0.29) is 6.42 Å². The Morgan fingerprint density at radius 1 is 1.15 bits per heavy atom. The molecule has 0 spiro atoms. The fraction of sp³-hybridized carbons (Fsp3) is 0.278. The molecule has 2 aromatic rings. The Morgan fingerprint density at radius 3 is 2.35 bits per heavy atom. The lowest BCUT2D eigenvalue weighted by Crippen LogP contribution is -2.47. The van der Waals surface area contributed by atoms with Gasteiger partial charge in [-0.15, -0.1) is 0 Å². The topological polar surface area (TPSA) is 66.5 Å². The van der Waals surface area contributed by atoms with Gasteiger partial charge in [0.1, 0.15) is 6.04 Å². The highest BCUT2D eigenvalue weighted by Crippen LogP contribution is 2.27. The molecule has 26 heavy (non-hydrogen) atoms. The van der Waals surface area contributed by atoms with Crippen LogP contribution in [0, 0.1) is 6.92 Å². The molecular weight excluding hydrogens is 395 g/mol. The van der Waals surface area contributed by atoms with Crippen LogP contribution >= 0.6 is 23.2 Å². The molecule has 0 saturated heterocycles. The van der Waals surface area contributed by atoms with Gasteiger partial charge in [0.2, 0.25) is 15.9 Å². The molecule has 1 amide bonds. The number of anilines is 2. The molecule has 2 aromatic carbocycles. The molecule has 5 nitrogen and oxygen atoms in total. The summed E-state index contributed by atoms with van der Waals surface area (Å²) in [5.41, 5.74) is 1.71. The number of benzene rings is 2. The quantitative estimate of drug-likeness (QED) is 0.756. The number of aryl methyl sites for hydroxylation is 1. The van der Waals surface area contributed by atoms with Crippen LogP contribution in [0.1, 0.15) is 18.9 Å². The molecule has 0 aliphatic rings. The van der Waals surface area contributed by atoms with E-state index in [0.29, 0.717) is 21.4 Å². The number of hydrogen-bond donors (Lipinski definition) is 1. The maximum atomic E-state index is 12.8. The van der Waals surface area contributed by atoms with E-state index in [0.717, 1.165) is 16.1 Å². The van der Waals surface area contributed by atoms with Crippen LogP contribution < -0.4 is 9.62 Å². The predicted molar refractivity (Wildman–Crippen MR) is 108 cm³/mol. The minimum absolute atomic E-state index is 0.290. The van der Waals surface area contributed by atoms with Crippen molar-refractivity contribution in [1.29, 1.82) is 0 Å². The van der Waals surface area contributed by atoms with E-state index in [9.17, 15) is 13.2 Å². The van der Waals surface area contributed by atoms with Gasteiger partial charge in [-0.3, -0.25) is 9.10 Å². The first-order valence-corrected chi connectivity index (χ1v) is 10.6. The molecule has 0 aromatic heterocycles. The molecular formula is C18H20Cl2N2O3S. The second-order valence-corrected chi connectivity index (χ2v) is 8.64. The maximum Gasteiger partial charge on any atom is 0.248 e. The number of carbonyl (C=O) groups is 1. The Labute approximate surface area is 164 Å². The van der Waals surface area contributed by atoms with Gasteiger partial charge in [0, 0.05) is 15.7 Å². The zero-order valence-electron chi connectivity index (χ0n) is 14.7. The van der Waals surface area contributed by atoms with Crippen molar-refractivity contribution >= 4 is 50.5 Å². The Morgan fingerprint density at radius 2 is 1.81 bits per heavy atom. The molecule has 1 atom stereocenters. The molecule has 0 saturated carbocycles. The Bertz CT molecular complexity index is 916. The number of rotatable bonds is 6. The number of sulfonamides is 1. The van der Waals surface area contributed by atoms with Gasteiger partial charge in [0.15, 0.2) is 0 Å². The standard InChI is InChI=1S/C18H20Cl2N2O3S/c1-4-17(18(23)21-16-9-8-14(20)10-12(16)2)22(26(3,24)25)15-7-5-6-13(19)11-15/h5-11,17H,4H2,1-3H3,(H,21,23). The Hall–Kier alpha value is -1.76. The van der Waals surface area contributed by atoms with Crippen molar-refractivity contribution in [2.24, 2.45) is 0 Å². The van der Waals surface area contributed by atoms with Gasteiger partial charge in [-0.05, 0) is 55.3 Å². The van der Waals surface area contributed by atoms with Crippen molar-refractivity contribution in [1.82, 2.24) is 0 Å². The maximum absolute atomic E-state index is 12.8. The number of nitrogens with zero attached hydrogens (tertiary/aromatic N) is 1. The van der Waals surface area contributed by atoms with Crippen molar-refractivity contribution in [2.45, 2.75) is 26.3 Å². The average molecular weight is 415 g/mol. The first kappa shape index (κ1) is 20.6. The van der Waals surface area contributed by atoms with E-state index < -0.39 is 22.0 Å². The van der Waals surface area contributed by atoms with Crippen LogP contribution in [0.2, 0.25) is 10.0 Å². The lowest BCUT2D eigenvalue weighted by Gasteiger charge is -2.30. The van der Waals surface area contributed by atoms with E-state index in [2.05, 4.69) is 5.32 Å². The van der Waals surface area contributed by atoms with Crippen molar-refractivity contribution < 1.29 is 13.2 Å². The van der Waals surface area contributed by atoms with Crippen molar-refractivity contribution in [2.75, 3.05) is 15.9 Å². The van der Waals surface area contributed by atoms with Gasteiger partial charge in [0.25, 0.3) is 0 Å². The van der Waals surface area contributed by atoms with Gasteiger partial charge in [-0.1, -0.05) is 36.2 Å². The van der Waals surface area contributed by atoms with E-state index in [1.807, 2.05) is 6.92 Å². The van der Waals surface area contributed by atoms with Crippen LogP contribution in [0.25, 0.3) is 0 Å². The van der Waals surface area contributed by atoms with Crippen LogP contribution in [0.4, 0.5) is 11.4 Å². The van der Waals surface area contributed by atoms with Gasteiger partial charge in [-0.2, -0.15) is 0 Å². The summed E-state index contributed by atoms with van der Waals surface area (Å²) in [5, 5.41) is 3.74. The lowest BCUT2D eigenvalue weighted by atomic mass is 10.1. The molecule has 2 rings (SSSR count). The van der Waals surface area contributed by atoms with Crippen LogP contribution in [0.15, 0.2) is 42.5 Å². The van der Waals surface area contributed by atoms with E-state index in [4.69, 9.17) is 23.2 Å². The fourth-order valence-corrected chi connectivity index (χ4v) is 4.27. The zero-order valence-corrected chi connectivity index (χ0v) is 17.0. The first-order valence-electron chi connectivity index (χ1n) is 7.95. The van der Waals surface area contributed by atoms with Crippen molar-refractivity contribution in [3.8, 4) is 0 Å². The van der Waals surface area contributed by atoms with Crippen LogP contribution in [0.5, 0.6) is 0 Å². The fourth-order valence-electron chi connectivity index (χ4n) is 2.66. The first-order chi connectivity index (χ1) is 12.1. The second-order valence-electron chi connectivity index (χ2n) is 5.91. The summed E-state index contributed by atoms with van der Waals surface area (Å²) in [6.45, 7) is 3.56. The van der Waals surface area contributed by atoms with Gasteiger partial charge in [-0.25, -0.2) is 8.42 Å².